The maximum Gasteiger partial charge on any atom is 0.110 e. The fourth-order valence-electron chi connectivity index (χ4n) is 2.10. The Morgan fingerprint density at radius 1 is 1.36 bits per heavy atom. The molecule has 1 atom stereocenters. The van der Waals surface area contributed by atoms with Gasteiger partial charge in [0.1, 0.15) is 5.54 Å². The molecule has 1 aromatic carbocycles. The number of rotatable bonds is 1. The molecule has 0 fully saturated rings. The zero-order valence-corrected chi connectivity index (χ0v) is 8.38. The normalized spacial score (nSPS) is 25.1. The summed E-state index contributed by atoms with van der Waals surface area (Å²) in [6.07, 6.45) is 2.75. The molecule has 2 rings (SSSR count). The Morgan fingerprint density at radius 2 is 2.07 bits per heavy atom. The van der Waals surface area contributed by atoms with Crippen molar-refractivity contribution in [3.8, 4) is 6.07 Å². The fourth-order valence-corrected chi connectivity index (χ4v) is 2.10. The average Bonchev–Trinajstić information content (AvgIpc) is 2.28. The number of aryl methyl sites for hydroxylation is 1. The molecule has 0 heterocycles. The Hall–Kier alpha value is -1.33. The van der Waals surface area contributed by atoms with Crippen LogP contribution in [-0.4, -0.2) is 12.6 Å². The highest BCUT2D eigenvalue weighted by Crippen LogP contribution is 2.27. The van der Waals surface area contributed by atoms with Crippen LogP contribution in [0.4, 0.5) is 0 Å². The van der Waals surface area contributed by atoms with Gasteiger partial charge in [-0.05, 0) is 31.0 Å². The van der Waals surface area contributed by atoms with Gasteiger partial charge in [0.05, 0.1) is 6.07 Å². The van der Waals surface area contributed by atoms with E-state index in [1.165, 1.54) is 11.1 Å². The summed E-state index contributed by atoms with van der Waals surface area (Å²) in [5.41, 5.74) is 2.37. The number of fused-ring (bicyclic) bond motifs is 1. The van der Waals surface area contributed by atoms with E-state index in [2.05, 4.69) is 29.6 Å². The van der Waals surface area contributed by atoms with Crippen LogP contribution in [0.3, 0.4) is 0 Å². The van der Waals surface area contributed by atoms with E-state index in [4.69, 9.17) is 5.26 Å². The monoisotopic (exact) mass is 186 g/mol. The Bertz CT molecular complexity index is 378. The molecule has 0 saturated carbocycles. The molecule has 1 unspecified atom stereocenters. The number of nitrogens with one attached hydrogen (secondary N) is 1. The topological polar surface area (TPSA) is 35.8 Å². The summed E-state index contributed by atoms with van der Waals surface area (Å²) in [6.45, 7) is 0. The van der Waals surface area contributed by atoms with Crippen LogP contribution in [0, 0.1) is 11.3 Å². The minimum atomic E-state index is -0.339. The molecule has 0 radical (unpaired) electrons. The molecule has 1 aliphatic carbocycles. The predicted molar refractivity (Wildman–Crippen MR) is 55.9 cm³/mol. The fraction of sp³-hybridized carbons (Fsp3) is 0.417. The predicted octanol–water partition coefficient (Wildman–Crippen LogP) is 1.66. The number of hydrogen-bond donors (Lipinski definition) is 1. The maximum absolute atomic E-state index is 9.15. The van der Waals surface area contributed by atoms with E-state index in [0.29, 0.717) is 0 Å². The first kappa shape index (κ1) is 9.23. The molecule has 0 saturated heterocycles. The molecule has 0 bridgehead atoms. The minimum absolute atomic E-state index is 0.339. The molecule has 0 spiro atoms. The van der Waals surface area contributed by atoms with Crippen molar-refractivity contribution in [2.45, 2.75) is 24.8 Å². The highest BCUT2D eigenvalue weighted by atomic mass is 14.9. The quantitative estimate of drug-likeness (QED) is 0.724. The van der Waals surface area contributed by atoms with Crippen LogP contribution < -0.4 is 5.32 Å². The zero-order valence-electron chi connectivity index (χ0n) is 8.38. The summed E-state index contributed by atoms with van der Waals surface area (Å²) >= 11 is 0. The molecular formula is C12H14N2. The molecule has 0 aliphatic heterocycles. The average molecular weight is 186 g/mol. The second-order valence-corrected chi connectivity index (χ2v) is 3.89. The Labute approximate surface area is 84.6 Å². The van der Waals surface area contributed by atoms with Crippen LogP contribution in [-0.2, 0) is 12.8 Å². The SMILES string of the molecule is CNC1(C#N)CCc2ccccc2C1. The van der Waals surface area contributed by atoms with E-state index in [1.807, 2.05) is 13.1 Å². The lowest BCUT2D eigenvalue weighted by atomic mass is 9.79. The van der Waals surface area contributed by atoms with Crippen LogP contribution in [0.15, 0.2) is 24.3 Å². The van der Waals surface area contributed by atoms with E-state index < -0.39 is 0 Å². The first-order valence-electron chi connectivity index (χ1n) is 4.97. The van der Waals surface area contributed by atoms with Gasteiger partial charge in [-0.3, -0.25) is 0 Å². The summed E-state index contributed by atoms with van der Waals surface area (Å²) in [5.74, 6) is 0. The second-order valence-electron chi connectivity index (χ2n) is 3.89. The third-order valence-electron chi connectivity index (χ3n) is 3.12. The molecule has 1 aromatic rings. The van der Waals surface area contributed by atoms with Crippen molar-refractivity contribution in [3.63, 3.8) is 0 Å². The molecule has 1 N–H and O–H groups in total. The molecule has 72 valence electrons. The maximum atomic E-state index is 9.15. The molecule has 0 amide bonds. The Morgan fingerprint density at radius 3 is 2.71 bits per heavy atom. The van der Waals surface area contributed by atoms with Crippen LogP contribution in [0.2, 0.25) is 0 Å². The van der Waals surface area contributed by atoms with E-state index in [9.17, 15) is 0 Å². The second kappa shape index (κ2) is 3.43. The lowest BCUT2D eigenvalue weighted by Gasteiger charge is -2.31. The van der Waals surface area contributed by atoms with E-state index in [-0.39, 0.29) is 5.54 Å². The number of hydrogen-bond acceptors (Lipinski definition) is 2. The molecule has 0 aromatic heterocycles. The van der Waals surface area contributed by atoms with Gasteiger partial charge in [0.2, 0.25) is 0 Å². The Balaban J connectivity index is 2.34. The van der Waals surface area contributed by atoms with Gasteiger partial charge in [-0.2, -0.15) is 5.26 Å². The third-order valence-corrected chi connectivity index (χ3v) is 3.12. The van der Waals surface area contributed by atoms with Gasteiger partial charge in [0, 0.05) is 6.42 Å². The number of likely N-dealkylation sites (N-methyl/N-ethyl adjacent to an activating group) is 1. The van der Waals surface area contributed by atoms with Crippen molar-refractivity contribution in [1.29, 1.82) is 5.26 Å². The lowest BCUT2D eigenvalue weighted by Crippen LogP contribution is -2.46. The molecule has 1 aliphatic rings. The third kappa shape index (κ3) is 1.40. The molecule has 2 nitrogen and oxygen atoms in total. The lowest BCUT2D eigenvalue weighted by molar-refractivity contribution is 0.395. The van der Waals surface area contributed by atoms with Gasteiger partial charge in [-0.1, -0.05) is 24.3 Å². The highest BCUT2D eigenvalue weighted by Gasteiger charge is 2.32. The van der Waals surface area contributed by atoms with Crippen LogP contribution in [0.5, 0.6) is 0 Å². The van der Waals surface area contributed by atoms with Gasteiger partial charge in [-0.25, -0.2) is 0 Å². The van der Waals surface area contributed by atoms with Crippen molar-refractivity contribution in [1.82, 2.24) is 5.32 Å². The first-order valence-corrected chi connectivity index (χ1v) is 4.97. The smallest absolute Gasteiger partial charge is 0.110 e. The summed E-state index contributed by atoms with van der Waals surface area (Å²) < 4.78 is 0. The summed E-state index contributed by atoms with van der Waals surface area (Å²) in [6, 6.07) is 10.8. The minimum Gasteiger partial charge on any atom is -0.302 e. The summed E-state index contributed by atoms with van der Waals surface area (Å²) in [7, 11) is 1.87. The zero-order chi connectivity index (χ0) is 10.0. The van der Waals surface area contributed by atoms with Crippen molar-refractivity contribution < 1.29 is 0 Å². The number of nitriles is 1. The van der Waals surface area contributed by atoms with Crippen molar-refractivity contribution in [2.24, 2.45) is 0 Å². The standard InChI is InChI=1S/C12H14N2/c1-14-12(9-13)7-6-10-4-2-3-5-11(10)8-12/h2-5,14H,6-8H2,1H3. The van der Waals surface area contributed by atoms with Crippen LogP contribution >= 0.6 is 0 Å². The van der Waals surface area contributed by atoms with E-state index in [0.717, 1.165) is 19.3 Å². The van der Waals surface area contributed by atoms with Crippen LogP contribution in [0.25, 0.3) is 0 Å². The van der Waals surface area contributed by atoms with Gasteiger partial charge in [0.25, 0.3) is 0 Å². The summed E-state index contributed by atoms with van der Waals surface area (Å²) in [4.78, 5) is 0. The van der Waals surface area contributed by atoms with Gasteiger partial charge in [-0.15, -0.1) is 0 Å². The molecular weight excluding hydrogens is 172 g/mol. The van der Waals surface area contributed by atoms with Gasteiger partial charge < -0.3 is 5.32 Å². The first-order chi connectivity index (χ1) is 6.79. The number of nitrogens with zero attached hydrogens (tertiary/aromatic N) is 1. The molecule has 2 heteroatoms. The highest BCUT2D eigenvalue weighted by molar-refractivity contribution is 5.34. The van der Waals surface area contributed by atoms with E-state index >= 15 is 0 Å². The van der Waals surface area contributed by atoms with Crippen LogP contribution in [0.1, 0.15) is 17.5 Å². The Kier molecular flexibility index (Phi) is 2.26. The van der Waals surface area contributed by atoms with Gasteiger partial charge in [0.15, 0.2) is 0 Å². The van der Waals surface area contributed by atoms with E-state index in [1.54, 1.807) is 0 Å². The van der Waals surface area contributed by atoms with Crippen molar-refractivity contribution in [3.05, 3.63) is 35.4 Å². The van der Waals surface area contributed by atoms with Crippen molar-refractivity contribution >= 4 is 0 Å². The number of benzene rings is 1. The van der Waals surface area contributed by atoms with Crippen molar-refractivity contribution in [2.75, 3.05) is 7.05 Å². The summed E-state index contributed by atoms with van der Waals surface area (Å²) in [5, 5.41) is 12.3. The largest absolute Gasteiger partial charge is 0.302 e. The van der Waals surface area contributed by atoms with Gasteiger partial charge >= 0.3 is 0 Å². The molecule has 14 heavy (non-hydrogen) atoms.